The Morgan fingerprint density at radius 2 is 2.03 bits per heavy atom. The number of thiazole rings is 1. The maximum atomic E-state index is 13.3. The van der Waals surface area contributed by atoms with Gasteiger partial charge in [-0.15, -0.1) is 11.3 Å². The molecule has 2 aliphatic heterocycles. The van der Waals surface area contributed by atoms with Crippen molar-refractivity contribution in [3.63, 3.8) is 0 Å². The molecule has 1 aromatic carbocycles. The average Bonchev–Trinajstić information content (AvgIpc) is 3.41. The number of hydrogen-bond acceptors (Lipinski definition) is 7. The molecule has 0 radical (unpaired) electrons. The van der Waals surface area contributed by atoms with E-state index in [4.69, 9.17) is 5.73 Å². The number of benzene rings is 1. The van der Waals surface area contributed by atoms with Crippen molar-refractivity contribution in [1.29, 1.82) is 0 Å². The Labute approximate surface area is 201 Å². The van der Waals surface area contributed by atoms with Crippen molar-refractivity contribution in [2.75, 3.05) is 26.7 Å². The predicted octanol–water partition coefficient (Wildman–Crippen LogP) is 1.08. The Bertz CT molecular complexity index is 1150. The van der Waals surface area contributed by atoms with Crippen LogP contribution < -0.4 is 11.1 Å². The van der Waals surface area contributed by atoms with E-state index in [0.717, 1.165) is 35.4 Å². The van der Waals surface area contributed by atoms with Crippen LogP contribution in [0.1, 0.15) is 55.7 Å². The maximum Gasteiger partial charge on any atom is 0.282 e. The number of amides is 4. The molecular weight excluding hydrogens is 456 g/mol. The molecule has 4 rings (SSSR count). The van der Waals surface area contributed by atoms with E-state index in [1.165, 1.54) is 4.90 Å². The number of fused-ring (bicyclic) bond motifs is 2. The van der Waals surface area contributed by atoms with Gasteiger partial charge in [0.15, 0.2) is 5.01 Å². The van der Waals surface area contributed by atoms with Gasteiger partial charge in [0.05, 0.1) is 11.6 Å². The molecule has 1 aromatic heterocycles. The Morgan fingerprint density at radius 1 is 1.29 bits per heavy atom. The molecule has 0 unspecified atom stereocenters. The van der Waals surface area contributed by atoms with Crippen LogP contribution in [0.5, 0.6) is 0 Å². The van der Waals surface area contributed by atoms with Gasteiger partial charge < -0.3 is 16.0 Å². The van der Waals surface area contributed by atoms with Gasteiger partial charge in [-0.2, -0.15) is 0 Å². The molecule has 0 bridgehead atoms. The molecule has 1 fully saturated rings. The van der Waals surface area contributed by atoms with E-state index >= 15 is 0 Å². The Kier molecular flexibility index (Phi) is 6.67. The van der Waals surface area contributed by atoms with Crippen molar-refractivity contribution in [3.05, 3.63) is 51.0 Å². The van der Waals surface area contributed by atoms with Gasteiger partial charge in [0.2, 0.25) is 5.91 Å². The Morgan fingerprint density at radius 3 is 2.74 bits per heavy atom. The first-order valence-corrected chi connectivity index (χ1v) is 12.0. The number of primary amides is 1. The fourth-order valence-corrected chi connectivity index (χ4v) is 5.31. The van der Waals surface area contributed by atoms with E-state index in [1.54, 1.807) is 25.9 Å². The van der Waals surface area contributed by atoms with Gasteiger partial charge in [0.1, 0.15) is 10.9 Å². The molecule has 1 saturated heterocycles. The van der Waals surface area contributed by atoms with E-state index < -0.39 is 23.8 Å². The molecule has 0 spiro atoms. The van der Waals surface area contributed by atoms with Crippen LogP contribution in [-0.2, 0) is 16.1 Å². The standard InChI is InChI=1S/C23H28N6O4S/c1-13(11-27(3)23(33)21-25-14(2)18(34-21)19(24)30)20(31)26-17-16-8-5-4-7-15(16)12-28-9-6-10-29(28)22(17)32/h4-5,7-8,13,17H,6,9-12H2,1-3H3,(H2,24,30)(H,26,31)/t13-,17+/m1/s1. The van der Waals surface area contributed by atoms with Crippen molar-refractivity contribution in [2.24, 2.45) is 11.7 Å². The molecule has 0 aliphatic carbocycles. The smallest absolute Gasteiger partial charge is 0.282 e. The number of aryl methyl sites for hydroxylation is 1. The van der Waals surface area contributed by atoms with Gasteiger partial charge in [-0.05, 0) is 24.5 Å². The summed E-state index contributed by atoms with van der Waals surface area (Å²) in [5.41, 5.74) is 7.53. The van der Waals surface area contributed by atoms with Crippen molar-refractivity contribution < 1.29 is 19.2 Å². The van der Waals surface area contributed by atoms with Gasteiger partial charge in [-0.3, -0.25) is 24.2 Å². The number of rotatable bonds is 6. The zero-order chi connectivity index (χ0) is 24.6. The Balaban J connectivity index is 1.46. The third-order valence-corrected chi connectivity index (χ3v) is 7.34. The lowest BCUT2D eigenvalue weighted by molar-refractivity contribution is -0.148. The first-order chi connectivity index (χ1) is 16.2. The van der Waals surface area contributed by atoms with Crippen LogP contribution in [0.4, 0.5) is 0 Å². The van der Waals surface area contributed by atoms with Gasteiger partial charge >= 0.3 is 0 Å². The molecule has 2 aliphatic rings. The molecule has 10 nitrogen and oxygen atoms in total. The number of nitrogens with one attached hydrogen (secondary N) is 1. The molecule has 34 heavy (non-hydrogen) atoms. The highest BCUT2D eigenvalue weighted by molar-refractivity contribution is 7.15. The van der Waals surface area contributed by atoms with Crippen LogP contribution in [0.15, 0.2) is 24.3 Å². The number of hydrazine groups is 1. The van der Waals surface area contributed by atoms with E-state index in [0.29, 0.717) is 18.8 Å². The summed E-state index contributed by atoms with van der Waals surface area (Å²) in [6.07, 6.45) is 0.894. The normalized spacial score (nSPS) is 18.6. The highest BCUT2D eigenvalue weighted by atomic mass is 32.1. The van der Waals surface area contributed by atoms with Crippen molar-refractivity contribution in [2.45, 2.75) is 32.9 Å². The van der Waals surface area contributed by atoms with Crippen LogP contribution in [-0.4, -0.2) is 70.2 Å². The summed E-state index contributed by atoms with van der Waals surface area (Å²) in [4.78, 5) is 56.5. The van der Waals surface area contributed by atoms with E-state index in [-0.39, 0.29) is 28.2 Å². The van der Waals surface area contributed by atoms with Crippen molar-refractivity contribution >= 4 is 35.0 Å². The van der Waals surface area contributed by atoms with Gasteiger partial charge in [0.25, 0.3) is 17.7 Å². The second kappa shape index (κ2) is 9.51. The second-order valence-corrected chi connectivity index (χ2v) is 9.73. The number of carbonyl (C=O) groups excluding carboxylic acids is 4. The van der Waals surface area contributed by atoms with Crippen LogP contribution in [0, 0.1) is 12.8 Å². The minimum Gasteiger partial charge on any atom is -0.365 e. The number of aromatic nitrogens is 1. The summed E-state index contributed by atoms with van der Waals surface area (Å²) in [6, 6.07) is 6.87. The van der Waals surface area contributed by atoms with E-state index in [1.807, 2.05) is 29.3 Å². The summed E-state index contributed by atoms with van der Waals surface area (Å²) in [6.45, 7) is 5.50. The van der Waals surface area contributed by atoms with Crippen molar-refractivity contribution in [1.82, 2.24) is 25.2 Å². The van der Waals surface area contributed by atoms with Crippen molar-refractivity contribution in [3.8, 4) is 0 Å². The number of hydrogen-bond donors (Lipinski definition) is 2. The van der Waals surface area contributed by atoms with E-state index in [9.17, 15) is 19.2 Å². The summed E-state index contributed by atoms with van der Waals surface area (Å²) < 4.78 is 0. The summed E-state index contributed by atoms with van der Waals surface area (Å²) >= 11 is 0.939. The molecule has 11 heteroatoms. The van der Waals surface area contributed by atoms with Gasteiger partial charge in [-0.25, -0.2) is 9.99 Å². The molecule has 2 aromatic rings. The summed E-state index contributed by atoms with van der Waals surface area (Å²) in [5, 5.41) is 6.82. The fraction of sp³-hybridized carbons (Fsp3) is 0.435. The summed E-state index contributed by atoms with van der Waals surface area (Å²) in [5.74, 6) is -2.08. The lowest BCUT2D eigenvalue weighted by Gasteiger charge is -2.28. The zero-order valence-electron chi connectivity index (χ0n) is 19.4. The molecule has 180 valence electrons. The molecule has 2 atom stereocenters. The second-order valence-electron chi connectivity index (χ2n) is 8.73. The molecule has 3 heterocycles. The third-order valence-electron chi connectivity index (χ3n) is 6.18. The minimum absolute atomic E-state index is 0.119. The Hall–Kier alpha value is -3.31. The molecular formula is C23H28N6O4S. The summed E-state index contributed by atoms with van der Waals surface area (Å²) in [7, 11) is 1.57. The number of carbonyl (C=O) groups is 4. The van der Waals surface area contributed by atoms with E-state index in [2.05, 4.69) is 10.3 Å². The lowest BCUT2D eigenvalue weighted by Crippen LogP contribution is -2.47. The highest BCUT2D eigenvalue weighted by Gasteiger charge is 2.38. The zero-order valence-corrected chi connectivity index (χ0v) is 20.2. The molecule has 0 saturated carbocycles. The maximum absolute atomic E-state index is 13.3. The number of nitrogens with zero attached hydrogens (tertiary/aromatic N) is 4. The highest BCUT2D eigenvalue weighted by Crippen LogP contribution is 2.30. The largest absolute Gasteiger partial charge is 0.365 e. The van der Waals surface area contributed by atoms with Crippen LogP contribution in [0.25, 0.3) is 0 Å². The first-order valence-electron chi connectivity index (χ1n) is 11.1. The van der Waals surface area contributed by atoms with Crippen LogP contribution in [0.2, 0.25) is 0 Å². The number of nitrogens with two attached hydrogens (primary N) is 1. The lowest BCUT2D eigenvalue weighted by atomic mass is 9.99. The first kappa shape index (κ1) is 23.8. The predicted molar refractivity (Wildman–Crippen MR) is 126 cm³/mol. The molecule has 3 N–H and O–H groups in total. The molecule has 4 amide bonds. The van der Waals surface area contributed by atoms with Crippen LogP contribution >= 0.6 is 11.3 Å². The van der Waals surface area contributed by atoms with Gasteiger partial charge in [0, 0.05) is 33.2 Å². The van der Waals surface area contributed by atoms with Crippen LogP contribution in [0.3, 0.4) is 0 Å². The topological polar surface area (TPSA) is 129 Å². The SMILES string of the molecule is Cc1nc(C(=O)N(C)C[C@@H](C)C(=O)N[C@@H]2C(=O)N3CCCN3Cc3ccccc32)sc1C(N)=O. The average molecular weight is 485 g/mol. The minimum atomic E-state index is -0.782. The quantitative estimate of drug-likeness (QED) is 0.631. The van der Waals surface area contributed by atoms with Gasteiger partial charge in [-0.1, -0.05) is 31.2 Å². The monoisotopic (exact) mass is 484 g/mol. The third kappa shape index (κ3) is 4.53. The fourth-order valence-electron chi connectivity index (χ4n) is 4.40.